The summed E-state index contributed by atoms with van der Waals surface area (Å²) in [5.41, 5.74) is 3.20. The largest absolute Gasteiger partial charge is 0.340 e. The summed E-state index contributed by atoms with van der Waals surface area (Å²) in [6.07, 6.45) is 0. The van der Waals surface area contributed by atoms with Gasteiger partial charge < -0.3 is 9.88 Å². The quantitative estimate of drug-likeness (QED) is 0.576. The van der Waals surface area contributed by atoms with Gasteiger partial charge in [-0.25, -0.2) is 4.98 Å². The standard InChI is InChI=1S/C20H13BrN4O3S/c1-24-14-7-6-10(21)8-11(14)16(18(24)26)17-19(27)25(20(28)29-17)9-15-22-12-4-2-3-5-13(12)23-15/h2-8H,9H2,1H3,(H,22,23)/b17-16+. The first-order chi connectivity index (χ1) is 13.9. The molecule has 7 nitrogen and oxygen atoms in total. The number of para-hydroxylation sites is 2. The number of aromatic amines is 1. The smallest absolute Gasteiger partial charge is 0.294 e. The molecule has 0 saturated carbocycles. The molecule has 5 rings (SSSR count). The number of fused-ring (bicyclic) bond motifs is 2. The molecular formula is C20H13BrN4O3S. The Bertz CT molecular complexity index is 1230. The normalized spacial score (nSPS) is 19.0. The van der Waals surface area contributed by atoms with E-state index in [1.165, 1.54) is 4.90 Å². The second-order valence-corrected chi connectivity index (χ2v) is 8.57. The number of nitrogens with zero attached hydrogens (tertiary/aromatic N) is 3. The fourth-order valence-corrected chi connectivity index (χ4v) is 4.82. The van der Waals surface area contributed by atoms with Crippen molar-refractivity contribution in [2.45, 2.75) is 6.54 Å². The Hall–Kier alpha value is -2.91. The minimum Gasteiger partial charge on any atom is -0.340 e. The molecule has 9 heteroatoms. The number of carbonyl (C=O) groups excluding carboxylic acids is 3. The molecule has 1 N–H and O–H groups in total. The van der Waals surface area contributed by atoms with Crippen molar-refractivity contribution in [3.8, 4) is 0 Å². The van der Waals surface area contributed by atoms with E-state index < -0.39 is 11.1 Å². The molecule has 0 bridgehead atoms. The second-order valence-electron chi connectivity index (χ2n) is 6.69. The zero-order valence-electron chi connectivity index (χ0n) is 15.1. The van der Waals surface area contributed by atoms with Gasteiger partial charge in [-0.3, -0.25) is 19.3 Å². The highest BCUT2D eigenvalue weighted by Crippen LogP contribution is 2.45. The number of likely N-dealkylation sites (N-methyl/N-ethyl adjacent to an activating group) is 1. The van der Waals surface area contributed by atoms with Crippen LogP contribution in [0.1, 0.15) is 11.4 Å². The van der Waals surface area contributed by atoms with Crippen molar-refractivity contribution in [3.05, 3.63) is 63.2 Å². The zero-order chi connectivity index (χ0) is 20.3. The van der Waals surface area contributed by atoms with Crippen molar-refractivity contribution in [2.75, 3.05) is 11.9 Å². The first-order valence-electron chi connectivity index (χ1n) is 8.73. The third-order valence-corrected chi connectivity index (χ3v) is 6.40. The van der Waals surface area contributed by atoms with Gasteiger partial charge in [-0.1, -0.05) is 28.1 Å². The predicted molar refractivity (Wildman–Crippen MR) is 114 cm³/mol. The van der Waals surface area contributed by atoms with Crippen LogP contribution >= 0.6 is 27.7 Å². The van der Waals surface area contributed by atoms with Crippen molar-refractivity contribution < 1.29 is 14.4 Å². The number of hydrogen-bond donors (Lipinski definition) is 1. The van der Waals surface area contributed by atoms with Gasteiger partial charge in [0, 0.05) is 17.1 Å². The number of carbonyl (C=O) groups is 3. The molecule has 0 aliphatic carbocycles. The van der Waals surface area contributed by atoms with Crippen LogP contribution in [-0.2, 0) is 16.1 Å². The molecule has 2 aliphatic heterocycles. The summed E-state index contributed by atoms with van der Waals surface area (Å²) in [4.78, 5) is 48.8. The number of imidazole rings is 1. The van der Waals surface area contributed by atoms with Gasteiger partial charge in [-0.2, -0.15) is 0 Å². The monoisotopic (exact) mass is 468 g/mol. The first-order valence-corrected chi connectivity index (χ1v) is 10.3. The van der Waals surface area contributed by atoms with Gasteiger partial charge in [0.2, 0.25) is 0 Å². The fourth-order valence-electron chi connectivity index (χ4n) is 3.53. The number of anilines is 1. The third-order valence-electron chi connectivity index (χ3n) is 4.93. The first kappa shape index (κ1) is 18.1. The van der Waals surface area contributed by atoms with E-state index in [0.29, 0.717) is 17.1 Å². The van der Waals surface area contributed by atoms with E-state index in [4.69, 9.17) is 0 Å². The summed E-state index contributed by atoms with van der Waals surface area (Å²) in [7, 11) is 1.65. The number of H-pyrrole nitrogens is 1. The van der Waals surface area contributed by atoms with Gasteiger partial charge in [0.25, 0.3) is 17.1 Å². The predicted octanol–water partition coefficient (Wildman–Crippen LogP) is 3.91. The molecule has 0 unspecified atom stereocenters. The van der Waals surface area contributed by atoms with Crippen molar-refractivity contribution >= 4 is 67.0 Å². The van der Waals surface area contributed by atoms with Crippen LogP contribution < -0.4 is 4.90 Å². The highest BCUT2D eigenvalue weighted by Gasteiger charge is 2.43. The van der Waals surface area contributed by atoms with Crippen molar-refractivity contribution in [1.82, 2.24) is 14.9 Å². The molecule has 1 saturated heterocycles. The van der Waals surface area contributed by atoms with Crippen LogP contribution in [0.4, 0.5) is 10.5 Å². The lowest BCUT2D eigenvalue weighted by Crippen LogP contribution is -2.28. The van der Waals surface area contributed by atoms with Crippen molar-refractivity contribution in [2.24, 2.45) is 0 Å². The van der Waals surface area contributed by atoms with Gasteiger partial charge in [-0.15, -0.1) is 0 Å². The van der Waals surface area contributed by atoms with E-state index in [-0.39, 0.29) is 22.9 Å². The lowest BCUT2D eigenvalue weighted by Gasteiger charge is -2.10. The molecule has 144 valence electrons. The topological polar surface area (TPSA) is 86.4 Å². The van der Waals surface area contributed by atoms with E-state index in [2.05, 4.69) is 25.9 Å². The van der Waals surface area contributed by atoms with Crippen molar-refractivity contribution in [1.29, 1.82) is 0 Å². The van der Waals surface area contributed by atoms with E-state index in [1.807, 2.05) is 36.4 Å². The molecule has 2 aromatic carbocycles. The van der Waals surface area contributed by atoms with Gasteiger partial charge in [0.1, 0.15) is 5.82 Å². The molecule has 0 radical (unpaired) electrons. The third kappa shape index (κ3) is 2.80. The van der Waals surface area contributed by atoms with Gasteiger partial charge in [0.15, 0.2) is 0 Å². The Morgan fingerprint density at radius 2 is 1.90 bits per heavy atom. The van der Waals surface area contributed by atoms with Crippen LogP contribution in [0, 0.1) is 0 Å². The molecular weight excluding hydrogens is 456 g/mol. The second kappa shape index (κ2) is 6.57. The Morgan fingerprint density at radius 3 is 2.69 bits per heavy atom. The number of nitrogens with one attached hydrogen (secondary N) is 1. The van der Waals surface area contributed by atoms with Crippen LogP contribution in [0.5, 0.6) is 0 Å². The minimum absolute atomic E-state index is 0.0193. The Labute approximate surface area is 177 Å². The average molecular weight is 469 g/mol. The number of aromatic nitrogens is 2. The number of amides is 3. The van der Waals surface area contributed by atoms with Gasteiger partial charge in [0.05, 0.1) is 33.7 Å². The summed E-state index contributed by atoms with van der Waals surface area (Å²) < 4.78 is 0.790. The van der Waals surface area contributed by atoms with Gasteiger partial charge >= 0.3 is 0 Å². The Kier molecular flexibility index (Phi) is 4.11. The summed E-state index contributed by atoms with van der Waals surface area (Å²) in [6.45, 7) is 0.0193. The summed E-state index contributed by atoms with van der Waals surface area (Å²) in [5, 5.41) is -0.420. The molecule has 3 amide bonds. The number of hydrogen-bond acceptors (Lipinski definition) is 5. The molecule has 2 aliphatic rings. The maximum Gasteiger partial charge on any atom is 0.294 e. The molecule has 0 atom stereocenters. The fraction of sp³-hybridized carbons (Fsp3) is 0.100. The maximum absolute atomic E-state index is 13.1. The lowest BCUT2D eigenvalue weighted by molar-refractivity contribution is -0.123. The molecule has 1 aromatic heterocycles. The summed E-state index contributed by atoms with van der Waals surface area (Å²) >= 11 is 4.20. The number of imide groups is 1. The lowest BCUT2D eigenvalue weighted by atomic mass is 10.1. The summed E-state index contributed by atoms with van der Waals surface area (Å²) in [5.74, 6) is -0.268. The van der Waals surface area contributed by atoms with Crippen LogP contribution in [0.15, 0.2) is 51.8 Å². The van der Waals surface area contributed by atoms with E-state index in [1.54, 1.807) is 13.1 Å². The highest BCUT2D eigenvalue weighted by atomic mass is 79.9. The number of rotatable bonds is 2. The number of halogens is 1. The summed E-state index contributed by atoms with van der Waals surface area (Å²) in [6, 6.07) is 12.9. The SMILES string of the molecule is CN1C(=O)/C(=C2/SC(=O)N(Cc3nc4ccccc4[nH]3)C2=O)c2cc(Br)ccc21. The van der Waals surface area contributed by atoms with Crippen LogP contribution in [0.25, 0.3) is 16.6 Å². The molecule has 3 heterocycles. The van der Waals surface area contributed by atoms with E-state index >= 15 is 0 Å². The average Bonchev–Trinajstić information content (AvgIpc) is 3.31. The van der Waals surface area contributed by atoms with E-state index in [9.17, 15) is 14.4 Å². The van der Waals surface area contributed by atoms with E-state index in [0.717, 1.165) is 32.2 Å². The highest BCUT2D eigenvalue weighted by molar-refractivity contribution is 9.10. The van der Waals surface area contributed by atoms with Gasteiger partial charge in [-0.05, 0) is 42.1 Å². The van der Waals surface area contributed by atoms with Crippen LogP contribution in [0.2, 0.25) is 0 Å². The number of benzene rings is 2. The zero-order valence-corrected chi connectivity index (χ0v) is 17.5. The minimum atomic E-state index is -0.481. The molecule has 29 heavy (non-hydrogen) atoms. The molecule has 3 aromatic rings. The molecule has 1 fully saturated rings. The van der Waals surface area contributed by atoms with Crippen LogP contribution in [-0.4, -0.2) is 39.0 Å². The Morgan fingerprint density at radius 1 is 1.10 bits per heavy atom. The maximum atomic E-state index is 13.1. The van der Waals surface area contributed by atoms with Crippen LogP contribution in [0.3, 0.4) is 0 Å². The van der Waals surface area contributed by atoms with Crippen molar-refractivity contribution in [3.63, 3.8) is 0 Å². The number of thioether (sulfide) groups is 1. The Balaban J connectivity index is 1.54. The molecule has 0 spiro atoms.